The van der Waals surface area contributed by atoms with Crippen LogP contribution in [0, 0.1) is 5.92 Å². The van der Waals surface area contributed by atoms with E-state index >= 15 is 0 Å². The van der Waals surface area contributed by atoms with Gasteiger partial charge >= 0.3 is 0 Å². The van der Waals surface area contributed by atoms with Crippen molar-refractivity contribution in [1.29, 1.82) is 0 Å². The summed E-state index contributed by atoms with van der Waals surface area (Å²) in [6, 6.07) is 9.63. The van der Waals surface area contributed by atoms with Gasteiger partial charge in [0, 0.05) is 23.7 Å². The third kappa shape index (κ3) is 3.31. The van der Waals surface area contributed by atoms with Gasteiger partial charge in [-0.3, -0.25) is 0 Å². The zero-order chi connectivity index (χ0) is 13.1. The molecule has 1 saturated carbocycles. The average molecular weight is 279 g/mol. The number of halogens is 1. The first-order valence-corrected chi connectivity index (χ1v) is 7.92. The molecule has 2 fully saturated rings. The molecule has 1 aliphatic carbocycles. The highest BCUT2D eigenvalue weighted by Gasteiger charge is 2.34. The molecule has 1 aromatic rings. The summed E-state index contributed by atoms with van der Waals surface area (Å²) in [7, 11) is 0. The molecule has 104 valence electrons. The van der Waals surface area contributed by atoms with Gasteiger partial charge in [-0.05, 0) is 55.8 Å². The molecule has 3 rings (SSSR count). The predicted molar refractivity (Wildman–Crippen MR) is 80.4 cm³/mol. The van der Waals surface area contributed by atoms with E-state index in [0.717, 1.165) is 23.5 Å². The molecule has 0 aromatic heterocycles. The molecule has 0 spiro atoms. The van der Waals surface area contributed by atoms with E-state index in [-0.39, 0.29) is 0 Å². The summed E-state index contributed by atoms with van der Waals surface area (Å²) in [4.78, 5) is 0. The molecule has 19 heavy (non-hydrogen) atoms. The quantitative estimate of drug-likeness (QED) is 0.883. The minimum atomic E-state index is 0.686. The van der Waals surface area contributed by atoms with E-state index in [2.05, 4.69) is 22.8 Å². The molecule has 2 aliphatic rings. The van der Waals surface area contributed by atoms with E-state index in [1.165, 1.54) is 44.2 Å². The van der Waals surface area contributed by atoms with Gasteiger partial charge in [-0.2, -0.15) is 0 Å². The van der Waals surface area contributed by atoms with Crippen LogP contribution in [-0.2, 0) is 6.54 Å². The van der Waals surface area contributed by atoms with Gasteiger partial charge < -0.3 is 10.6 Å². The Morgan fingerprint density at radius 3 is 2.68 bits per heavy atom. The zero-order valence-electron chi connectivity index (χ0n) is 11.4. The first-order chi connectivity index (χ1) is 9.33. The topological polar surface area (TPSA) is 24.1 Å². The molecule has 1 aliphatic heterocycles. The monoisotopic (exact) mass is 278 g/mol. The summed E-state index contributed by atoms with van der Waals surface area (Å²) in [5.41, 5.74) is 1.33. The predicted octanol–water partition coefficient (Wildman–Crippen LogP) is 3.35. The van der Waals surface area contributed by atoms with E-state index in [4.69, 9.17) is 11.6 Å². The SMILES string of the molecule is Clc1ccc(CNC2CCCC2C2CCCN2)cc1. The van der Waals surface area contributed by atoms with Crippen molar-refractivity contribution in [2.24, 2.45) is 5.92 Å². The van der Waals surface area contributed by atoms with Gasteiger partial charge in [-0.15, -0.1) is 0 Å². The highest BCUT2D eigenvalue weighted by molar-refractivity contribution is 6.30. The van der Waals surface area contributed by atoms with Gasteiger partial charge in [0.15, 0.2) is 0 Å². The Bertz CT molecular complexity index is 398. The van der Waals surface area contributed by atoms with Crippen molar-refractivity contribution in [1.82, 2.24) is 10.6 Å². The Hall–Kier alpha value is -0.570. The maximum Gasteiger partial charge on any atom is 0.0406 e. The third-order valence-corrected chi connectivity index (χ3v) is 4.92. The maximum absolute atomic E-state index is 5.92. The van der Waals surface area contributed by atoms with Crippen LogP contribution in [0.3, 0.4) is 0 Å². The summed E-state index contributed by atoms with van der Waals surface area (Å²) >= 11 is 5.92. The van der Waals surface area contributed by atoms with Gasteiger partial charge in [-0.1, -0.05) is 30.2 Å². The third-order valence-electron chi connectivity index (χ3n) is 4.67. The molecule has 0 amide bonds. The molecule has 0 bridgehead atoms. The Morgan fingerprint density at radius 2 is 1.95 bits per heavy atom. The van der Waals surface area contributed by atoms with Crippen LogP contribution in [-0.4, -0.2) is 18.6 Å². The first-order valence-electron chi connectivity index (χ1n) is 7.54. The molecular formula is C16H23ClN2. The highest BCUT2D eigenvalue weighted by Crippen LogP contribution is 2.32. The minimum absolute atomic E-state index is 0.686. The Kier molecular flexibility index (Phi) is 4.42. The lowest BCUT2D eigenvalue weighted by Gasteiger charge is -2.26. The van der Waals surface area contributed by atoms with E-state index in [1.54, 1.807) is 0 Å². The Balaban J connectivity index is 1.55. The second-order valence-electron chi connectivity index (χ2n) is 5.91. The van der Waals surface area contributed by atoms with Crippen molar-refractivity contribution in [2.75, 3.05) is 6.54 Å². The van der Waals surface area contributed by atoms with Gasteiger partial charge in [0.2, 0.25) is 0 Å². The number of hydrogen-bond acceptors (Lipinski definition) is 2. The molecule has 3 unspecified atom stereocenters. The molecule has 3 heteroatoms. The van der Waals surface area contributed by atoms with Gasteiger partial charge in [0.1, 0.15) is 0 Å². The van der Waals surface area contributed by atoms with Crippen LogP contribution in [0.1, 0.15) is 37.7 Å². The van der Waals surface area contributed by atoms with Crippen molar-refractivity contribution in [3.63, 3.8) is 0 Å². The molecular weight excluding hydrogens is 256 g/mol. The van der Waals surface area contributed by atoms with Crippen LogP contribution >= 0.6 is 11.6 Å². The smallest absolute Gasteiger partial charge is 0.0406 e. The van der Waals surface area contributed by atoms with Crippen molar-refractivity contribution in [3.05, 3.63) is 34.9 Å². The van der Waals surface area contributed by atoms with Crippen LogP contribution in [0.4, 0.5) is 0 Å². The number of nitrogens with one attached hydrogen (secondary N) is 2. The number of benzene rings is 1. The largest absolute Gasteiger partial charge is 0.314 e. The van der Waals surface area contributed by atoms with Crippen LogP contribution in [0.25, 0.3) is 0 Å². The van der Waals surface area contributed by atoms with Crippen molar-refractivity contribution < 1.29 is 0 Å². The fraction of sp³-hybridized carbons (Fsp3) is 0.625. The van der Waals surface area contributed by atoms with E-state index in [0.29, 0.717) is 6.04 Å². The van der Waals surface area contributed by atoms with E-state index in [1.807, 2.05) is 12.1 Å². The van der Waals surface area contributed by atoms with E-state index in [9.17, 15) is 0 Å². The maximum atomic E-state index is 5.92. The van der Waals surface area contributed by atoms with Crippen molar-refractivity contribution >= 4 is 11.6 Å². The lowest BCUT2D eigenvalue weighted by molar-refractivity contribution is 0.320. The fourth-order valence-electron chi connectivity index (χ4n) is 3.65. The molecule has 2 N–H and O–H groups in total. The summed E-state index contributed by atoms with van der Waals surface area (Å²) in [6.45, 7) is 2.18. The lowest BCUT2D eigenvalue weighted by Crippen LogP contribution is -2.41. The fourth-order valence-corrected chi connectivity index (χ4v) is 3.78. The molecule has 1 heterocycles. The van der Waals surface area contributed by atoms with Crippen molar-refractivity contribution in [2.45, 2.75) is 50.7 Å². The molecule has 0 radical (unpaired) electrons. The van der Waals surface area contributed by atoms with Crippen LogP contribution in [0.2, 0.25) is 5.02 Å². The van der Waals surface area contributed by atoms with E-state index < -0.39 is 0 Å². The highest BCUT2D eigenvalue weighted by atomic mass is 35.5. The normalized spacial score (nSPS) is 30.9. The Morgan fingerprint density at radius 1 is 1.11 bits per heavy atom. The van der Waals surface area contributed by atoms with Gasteiger partial charge in [0.25, 0.3) is 0 Å². The molecule has 1 aromatic carbocycles. The average Bonchev–Trinajstić information content (AvgIpc) is 3.08. The van der Waals surface area contributed by atoms with Crippen LogP contribution in [0.5, 0.6) is 0 Å². The van der Waals surface area contributed by atoms with Gasteiger partial charge in [0.05, 0.1) is 0 Å². The first kappa shape index (κ1) is 13.4. The lowest BCUT2D eigenvalue weighted by atomic mass is 9.93. The minimum Gasteiger partial charge on any atom is -0.314 e. The molecule has 3 atom stereocenters. The number of rotatable bonds is 4. The second-order valence-corrected chi connectivity index (χ2v) is 6.35. The summed E-state index contributed by atoms with van der Waals surface area (Å²) in [6.07, 6.45) is 6.81. The van der Waals surface area contributed by atoms with Crippen molar-refractivity contribution in [3.8, 4) is 0 Å². The standard InChI is InChI=1S/C16H23ClN2/c17-13-8-6-12(7-9-13)11-19-16-4-1-3-14(16)15-5-2-10-18-15/h6-9,14-16,18-19H,1-5,10-11H2. The van der Waals surface area contributed by atoms with Crippen LogP contribution < -0.4 is 10.6 Å². The summed E-state index contributed by atoms with van der Waals surface area (Å²) < 4.78 is 0. The summed E-state index contributed by atoms with van der Waals surface area (Å²) in [5, 5.41) is 8.26. The zero-order valence-corrected chi connectivity index (χ0v) is 12.1. The summed E-state index contributed by atoms with van der Waals surface area (Å²) in [5.74, 6) is 0.829. The van der Waals surface area contributed by atoms with Crippen LogP contribution in [0.15, 0.2) is 24.3 Å². The van der Waals surface area contributed by atoms with Gasteiger partial charge in [-0.25, -0.2) is 0 Å². The Labute approximate surface area is 120 Å². The number of hydrogen-bond donors (Lipinski definition) is 2. The molecule has 1 saturated heterocycles. The second kappa shape index (κ2) is 6.25. The molecule has 2 nitrogen and oxygen atoms in total.